The first kappa shape index (κ1) is 14.7. The lowest BCUT2D eigenvalue weighted by molar-refractivity contribution is -0.132. The summed E-state index contributed by atoms with van der Waals surface area (Å²) >= 11 is 0. The molecule has 0 aromatic heterocycles. The average molecular weight is 278 g/mol. The quantitative estimate of drug-likeness (QED) is 0.881. The first-order chi connectivity index (χ1) is 9.70. The zero-order chi connectivity index (χ0) is 14.4. The molecule has 5 heteroatoms. The predicted octanol–water partition coefficient (Wildman–Crippen LogP) is 1.28. The van der Waals surface area contributed by atoms with Gasteiger partial charge in [0, 0.05) is 25.7 Å². The normalized spacial score (nSPS) is 18.7. The number of hydrogen-bond acceptors (Lipinski definition) is 4. The van der Waals surface area contributed by atoms with Gasteiger partial charge in [0.05, 0.1) is 20.1 Å². The summed E-state index contributed by atoms with van der Waals surface area (Å²) in [5, 5.41) is 3.32. The van der Waals surface area contributed by atoms with E-state index in [1.165, 1.54) is 0 Å². The maximum Gasteiger partial charge on any atom is 0.226 e. The van der Waals surface area contributed by atoms with Crippen LogP contribution in [0.15, 0.2) is 24.3 Å². The fourth-order valence-corrected chi connectivity index (χ4v) is 2.30. The van der Waals surface area contributed by atoms with E-state index in [2.05, 4.69) is 12.2 Å². The Kier molecular flexibility index (Phi) is 5.24. The van der Waals surface area contributed by atoms with Gasteiger partial charge in [-0.2, -0.15) is 0 Å². The minimum absolute atomic E-state index is 0.147. The number of rotatable bonds is 5. The molecule has 0 saturated carbocycles. The number of benzene rings is 1. The molecule has 0 radical (unpaired) electrons. The second kappa shape index (κ2) is 7.14. The van der Waals surface area contributed by atoms with Gasteiger partial charge < -0.3 is 19.7 Å². The summed E-state index contributed by atoms with van der Waals surface area (Å²) in [6, 6.07) is 7.82. The van der Waals surface area contributed by atoms with Crippen molar-refractivity contribution in [1.82, 2.24) is 10.2 Å². The minimum Gasteiger partial charge on any atom is -0.493 e. The van der Waals surface area contributed by atoms with Crippen LogP contribution in [0.3, 0.4) is 0 Å². The summed E-state index contributed by atoms with van der Waals surface area (Å²) in [5.74, 6) is 1.51. The van der Waals surface area contributed by atoms with E-state index in [-0.39, 0.29) is 5.91 Å². The molecule has 1 fully saturated rings. The molecule has 1 aliphatic heterocycles. The van der Waals surface area contributed by atoms with Crippen molar-refractivity contribution in [3.63, 3.8) is 0 Å². The standard InChI is InChI=1S/C15H22N2O3/c1-12-11-17(9-8-16-12)15(18)7-10-20-14-6-4-3-5-13(14)19-2/h3-6,12,16H,7-11H2,1-2H3. The maximum atomic E-state index is 12.1. The third kappa shape index (κ3) is 3.87. The molecule has 110 valence electrons. The van der Waals surface area contributed by atoms with Gasteiger partial charge in [-0.3, -0.25) is 4.79 Å². The highest BCUT2D eigenvalue weighted by Gasteiger charge is 2.20. The predicted molar refractivity (Wildman–Crippen MR) is 77.2 cm³/mol. The molecule has 1 saturated heterocycles. The Morgan fingerprint density at radius 2 is 2.15 bits per heavy atom. The monoisotopic (exact) mass is 278 g/mol. The number of nitrogens with one attached hydrogen (secondary N) is 1. The van der Waals surface area contributed by atoms with E-state index in [9.17, 15) is 4.79 Å². The second-order valence-corrected chi connectivity index (χ2v) is 4.94. The summed E-state index contributed by atoms with van der Waals surface area (Å²) < 4.78 is 10.8. The highest BCUT2D eigenvalue weighted by molar-refractivity contribution is 5.76. The van der Waals surface area contributed by atoms with Crippen molar-refractivity contribution in [3.8, 4) is 11.5 Å². The maximum absolute atomic E-state index is 12.1. The number of piperazine rings is 1. The summed E-state index contributed by atoms with van der Waals surface area (Å²) in [7, 11) is 1.61. The van der Waals surface area contributed by atoms with Crippen molar-refractivity contribution in [2.75, 3.05) is 33.4 Å². The van der Waals surface area contributed by atoms with Gasteiger partial charge in [-0.1, -0.05) is 12.1 Å². The zero-order valence-electron chi connectivity index (χ0n) is 12.1. The van der Waals surface area contributed by atoms with Crippen molar-refractivity contribution >= 4 is 5.91 Å². The Hall–Kier alpha value is -1.75. The van der Waals surface area contributed by atoms with Gasteiger partial charge in [0.2, 0.25) is 5.91 Å². The first-order valence-corrected chi connectivity index (χ1v) is 6.97. The summed E-state index contributed by atoms with van der Waals surface area (Å²) in [4.78, 5) is 14.0. The molecule has 20 heavy (non-hydrogen) atoms. The van der Waals surface area contributed by atoms with E-state index < -0.39 is 0 Å². The molecule has 0 aliphatic carbocycles. The molecule has 0 spiro atoms. The van der Waals surface area contributed by atoms with E-state index >= 15 is 0 Å². The molecular formula is C15H22N2O3. The molecular weight excluding hydrogens is 256 g/mol. The molecule has 1 N–H and O–H groups in total. The van der Waals surface area contributed by atoms with Crippen molar-refractivity contribution in [2.24, 2.45) is 0 Å². The Balaban J connectivity index is 1.79. The van der Waals surface area contributed by atoms with Crippen LogP contribution in [0.1, 0.15) is 13.3 Å². The van der Waals surface area contributed by atoms with Crippen molar-refractivity contribution < 1.29 is 14.3 Å². The van der Waals surface area contributed by atoms with Crippen molar-refractivity contribution in [2.45, 2.75) is 19.4 Å². The Morgan fingerprint density at radius 3 is 2.85 bits per heavy atom. The topological polar surface area (TPSA) is 50.8 Å². The highest BCUT2D eigenvalue weighted by atomic mass is 16.5. The second-order valence-electron chi connectivity index (χ2n) is 4.94. The van der Waals surface area contributed by atoms with Gasteiger partial charge in [0.15, 0.2) is 11.5 Å². The number of methoxy groups -OCH3 is 1. The molecule has 2 rings (SSSR count). The van der Waals surface area contributed by atoms with Crippen molar-refractivity contribution in [3.05, 3.63) is 24.3 Å². The van der Waals surface area contributed by atoms with Crippen LogP contribution in [0, 0.1) is 0 Å². The third-order valence-corrected chi connectivity index (χ3v) is 3.36. The van der Waals surface area contributed by atoms with E-state index in [0.29, 0.717) is 30.6 Å². The number of nitrogens with zero attached hydrogens (tertiary/aromatic N) is 1. The van der Waals surface area contributed by atoms with Crippen LogP contribution in [-0.4, -0.2) is 50.2 Å². The van der Waals surface area contributed by atoms with E-state index in [4.69, 9.17) is 9.47 Å². The summed E-state index contributed by atoms with van der Waals surface area (Å²) in [6.07, 6.45) is 0.394. The van der Waals surface area contributed by atoms with E-state index in [1.807, 2.05) is 29.2 Å². The fraction of sp³-hybridized carbons (Fsp3) is 0.533. The minimum atomic E-state index is 0.147. The Morgan fingerprint density at radius 1 is 1.40 bits per heavy atom. The lowest BCUT2D eigenvalue weighted by Gasteiger charge is -2.31. The van der Waals surface area contributed by atoms with Crippen LogP contribution < -0.4 is 14.8 Å². The molecule has 1 aromatic rings. The molecule has 1 amide bonds. The van der Waals surface area contributed by atoms with E-state index in [1.54, 1.807) is 7.11 Å². The van der Waals surface area contributed by atoms with Crippen LogP contribution in [-0.2, 0) is 4.79 Å². The number of amides is 1. The number of ether oxygens (including phenoxy) is 2. The van der Waals surface area contributed by atoms with Gasteiger partial charge in [-0.05, 0) is 19.1 Å². The molecule has 1 unspecified atom stereocenters. The molecule has 0 bridgehead atoms. The third-order valence-electron chi connectivity index (χ3n) is 3.36. The average Bonchev–Trinajstić information content (AvgIpc) is 2.47. The lowest BCUT2D eigenvalue weighted by atomic mass is 10.2. The molecule has 5 nitrogen and oxygen atoms in total. The summed E-state index contributed by atoms with van der Waals surface area (Å²) in [5.41, 5.74) is 0. The molecule has 1 aromatic carbocycles. The highest BCUT2D eigenvalue weighted by Crippen LogP contribution is 2.25. The molecule has 1 aliphatic rings. The number of para-hydroxylation sites is 2. The smallest absolute Gasteiger partial charge is 0.226 e. The fourth-order valence-electron chi connectivity index (χ4n) is 2.30. The Labute approximate surface area is 119 Å². The van der Waals surface area contributed by atoms with Crippen LogP contribution in [0.25, 0.3) is 0 Å². The van der Waals surface area contributed by atoms with Crippen LogP contribution in [0.5, 0.6) is 11.5 Å². The largest absolute Gasteiger partial charge is 0.493 e. The number of hydrogen-bond donors (Lipinski definition) is 1. The number of carbonyl (C=O) groups excluding carboxylic acids is 1. The van der Waals surface area contributed by atoms with Crippen LogP contribution >= 0.6 is 0 Å². The van der Waals surface area contributed by atoms with Gasteiger partial charge in [0.25, 0.3) is 0 Å². The Bertz CT molecular complexity index is 450. The van der Waals surface area contributed by atoms with Crippen LogP contribution in [0.4, 0.5) is 0 Å². The van der Waals surface area contributed by atoms with Gasteiger partial charge in [-0.15, -0.1) is 0 Å². The van der Waals surface area contributed by atoms with Gasteiger partial charge in [0.1, 0.15) is 0 Å². The first-order valence-electron chi connectivity index (χ1n) is 6.97. The number of carbonyl (C=O) groups is 1. The molecule has 1 heterocycles. The van der Waals surface area contributed by atoms with E-state index in [0.717, 1.165) is 19.6 Å². The SMILES string of the molecule is COc1ccccc1OCCC(=O)N1CCNC(C)C1. The zero-order valence-corrected chi connectivity index (χ0v) is 12.1. The van der Waals surface area contributed by atoms with Gasteiger partial charge in [-0.25, -0.2) is 0 Å². The summed E-state index contributed by atoms with van der Waals surface area (Å²) in [6.45, 7) is 4.87. The van der Waals surface area contributed by atoms with Crippen molar-refractivity contribution in [1.29, 1.82) is 0 Å². The molecule has 1 atom stereocenters. The lowest BCUT2D eigenvalue weighted by Crippen LogP contribution is -2.51. The van der Waals surface area contributed by atoms with Gasteiger partial charge >= 0.3 is 0 Å². The van der Waals surface area contributed by atoms with Crippen LogP contribution in [0.2, 0.25) is 0 Å².